The van der Waals surface area contributed by atoms with Gasteiger partial charge in [-0.05, 0) is 37.5 Å². The third kappa shape index (κ3) is 6.42. The van der Waals surface area contributed by atoms with Gasteiger partial charge in [0, 0.05) is 40.9 Å². The number of pyridine rings is 1. The molecule has 6 nitrogen and oxygen atoms in total. The van der Waals surface area contributed by atoms with Crippen LogP contribution in [0.25, 0.3) is 0 Å². The standard InChI is InChI=1S/C23H27N3O3S/c1-15(27)9-17-10-16(7-8-24-17)5-6-20-14-25-22(30-20)12-18(28)11-19-13-21(26-29-19)23(2,3)4/h7-8,10,13-14H,5-6,9,11-12H2,1-4H3. The van der Waals surface area contributed by atoms with E-state index in [-0.39, 0.29) is 23.4 Å². The zero-order chi connectivity index (χ0) is 21.7. The van der Waals surface area contributed by atoms with Gasteiger partial charge in [0.15, 0.2) is 0 Å². The van der Waals surface area contributed by atoms with Crippen LogP contribution in [0.1, 0.15) is 60.3 Å². The van der Waals surface area contributed by atoms with Crippen LogP contribution in [0.5, 0.6) is 0 Å². The van der Waals surface area contributed by atoms with Crippen molar-refractivity contribution in [3.05, 3.63) is 63.2 Å². The molecule has 7 heteroatoms. The molecule has 0 saturated carbocycles. The predicted molar refractivity (Wildman–Crippen MR) is 116 cm³/mol. The lowest BCUT2D eigenvalue weighted by molar-refractivity contribution is -0.118. The van der Waals surface area contributed by atoms with Gasteiger partial charge >= 0.3 is 0 Å². The molecule has 0 spiro atoms. The molecule has 0 N–H and O–H groups in total. The predicted octanol–water partition coefficient (Wildman–Crippen LogP) is 4.09. The molecule has 0 aliphatic rings. The average Bonchev–Trinajstić information content (AvgIpc) is 3.29. The molecule has 3 heterocycles. The fraction of sp³-hybridized carbons (Fsp3) is 0.435. The van der Waals surface area contributed by atoms with Crippen LogP contribution in [0.15, 0.2) is 35.1 Å². The first-order valence-corrected chi connectivity index (χ1v) is 10.9. The van der Waals surface area contributed by atoms with Crippen molar-refractivity contribution in [2.45, 2.75) is 65.2 Å². The Labute approximate surface area is 180 Å². The summed E-state index contributed by atoms with van der Waals surface area (Å²) in [4.78, 5) is 33.5. The van der Waals surface area contributed by atoms with Gasteiger partial charge in [-0.15, -0.1) is 11.3 Å². The van der Waals surface area contributed by atoms with E-state index in [4.69, 9.17) is 4.52 Å². The summed E-state index contributed by atoms with van der Waals surface area (Å²) in [7, 11) is 0. The normalized spacial score (nSPS) is 11.6. The molecule has 30 heavy (non-hydrogen) atoms. The molecule has 0 aromatic carbocycles. The van der Waals surface area contributed by atoms with E-state index in [1.54, 1.807) is 24.5 Å². The lowest BCUT2D eigenvalue weighted by Crippen LogP contribution is -2.11. The number of ketones is 2. The Bertz CT molecular complexity index is 1030. The molecule has 0 radical (unpaired) electrons. The van der Waals surface area contributed by atoms with Gasteiger partial charge < -0.3 is 4.52 Å². The van der Waals surface area contributed by atoms with E-state index in [0.29, 0.717) is 18.6 Å². The van der Waals surface area contributed by atoms with Crippen molar-refractivity contribution < 1.29 is 14.1 Å². The van der Waals surface area contributed by atoms with E-state index in [1.807, 2.05) is 24.4 Å². The summed E-state index contributed by atoms with van der Waals surface area (Å²) in [6, 6.07) is 5.81. The second kappa shape index (κ2) is 9.43. The van der Waals surface area contributed by atoms with Gasteiger partial charge in [-0.3, -0.25) is 14.6 Å². The van der Waals surface area contributed by atoms with Crippen molar-refractivity contribution in [1.82, 2.24) is 15.1 Å². The van der Waals surface area contributed by atoms with Gasteiger partial charge in [0.05, 0.1) is 18.5 Å². The Morgan fingerprint density at radius 1 is 1.07 bits per heavy atom. The molecule has 0 saturated heterocycles. The Balaban J connectivity index is 1.52. The van der Waals surface area contributed by atoms with E-state index < -0.39 is 0 Å². The van der Waals surface area contributed by atoms with E-state index in [9.17, 15) is 9.59 Å². The van der Waals surface area contributed by atoms with Crippen LogP contribution in [0.2, 0.25) is 0 Å². The molecule has 3 aromatic rings. The zero-order valence-electron chi connectivity index (χ0n) is 17.9. The van der Waals surface area contributed by atoms with Crippen LogP contribution in [-0.2, 0) is 47.1 Å². The minimum absolute atomic E-state index is 0.0653. The molecule has 0 aliphatic carbocycles. The summed E-state index contributed by atoms with van der Waals surface area (Å²) < 4.78 is 5.31. The lowest BCUT2D eigenvalue weighted by Gasteiger charge is -2.12. The summed E-state index contributed by atoms with van der Waals surface area (Å²) in [5, 5.41) is 4.88. The number of nitrogens with zero attached hydrogens (tertiary/aromatic N) is 3. The number of aryl methyl sites for hydroxylation is 2. The Morgan fingerprint density at radius 3 is 2.57 bits per heavy atom. The van der Waals surface area contributed by atoms with Crippen LogP contribution in [0.4, 0.5) is 0 Å². The summed E-state index contributed by atoms with van der Waals surface area (Å²) >= 11 is 1.57. The summed E-state index contributed by atoms with van der Waals surface area (Å²) in [6.45, 7) is 7.75. The number of Topliss-reactive ketones (excluding diaryl/α,β-unsaturated/α-hetero) is 2. The second-order valence-corrected chi connectivity index (χ2v) is 9.77. The molecule has 3 rings (SSSR count). The Morgan fingerprint density at radius 2 is 1.87 bits per heavy atom. The van der Waals surface area contributed by atoms with Crippen molar-refractivity contribution >= 4 is 22.9 Å². The van der Waals surface area contributed by atoms with Crippen LogP contribution < -0.4 is 0 Å². The van der Waals surface area contributed by atoms with Crippen molar-refractivity contribution in [3.63, 3.8) is 0 Å². The van der Waals surface area contributed by atoms with E-state index in [2.05, 4.69) is 35.9 Å². The minimum Gasteiger partial charge on any atom is -0.361 e. The highest BCUT2D eigenvalue weighted by Crippen LogP contribution is 2.22. The van der Waals surface area contributed by atoms with Crippen molar-refractivity contribution in [3.8, 4) is 0 Å². The molecule has 0 unspecified atom stereocenters. The maximum Gasteiger partial charge on any atom is 0.147 e. The van der Waals surface area contributed by atoms with Gasteiger partial charge in [0.25, 0.3) is 0 Å². The third-order valence-corrected chi connectivity index (χ3v) is 5.68. The molecule has 0 fully saturated rings. The topological polar surface area (TPSA) is 86.0 Å². The number of aromatic nitrogens is 3. The van der Waals surface area contributed by atoms with Crippen LogP contribution >= 0.6 is 11.3 Å². The largest absolute Gasteiger partial charge is 0.361 e. The first-order chi connectivity index (χ1) is 14.2. The number of carbonyl (C=O) groups excluding carboxylic acids is 2. The van der Waals surface area contributed by atoms with Gasteiger partial charge in [0.1, 0.15) is 22.3 Å². The van der Waals surface area contributed by atoms with E-state index in [0.717, 1.165) is 39.7 Å². The molecule has 3 aromatic heterocycles. The number of hydrogen-bond acceptors (Lipinski definition) is 7. The Kier molecular flexibility index (Phi) is 6.92. The van der Waals surface area contributed by atoms with Crippen LogP contribution in [0.3, 0.4) is 0 Å². The van der Waals surface area contributed by atoms with E-state index >= 15 is 0 Å². The molecule has 0 amide bonds. The van der Waals surface area contributed by atoms with Crippen LogP contribution in [-0.4, -0.2) is 26.7 Å². The molecular weight excluding hydrogens is 398 g/mol. The SMILES string of the molecule is CC(=O)Cc1cc(CCc2cnc(CC(=O)Cc3cc(C(C)(C)C)no3)s2)ccn1. The summed E-state index contributed by atoms with van der Waals surface area (Å²) in [5.41, 5.74) is 2.70. The molecule has 0 atom stereocenters. The highest BCUT2D eigenvalue weighted by Gasteiger charge is 2.20. The molecular formula is C23H27N3O3S. The van der Waals surface area contributed by atoms with Crippen LogP contribution in [0, 0.1) is 0 Å². The second-order valence-electron chi connectivity index (χ2n) is 8.58. The van der Waals surface area contributed by atoms with Crippen molar-refractivity contribution in [2.75, 3.05) is 0 Å². The third-order valence-electron chi connectivity index (χ3n) is 4.62. The summed E-state index contributed by atoms with van der Waals surface area (Å²) in [6.07, 6.45) is 6.17. The zero-order valence-corrected chi connectivity index (χ0v) is 18.7. The maximum absolute atomic E-state index is 12.4. The summed E-state index contributed by atoms with van der Waals surface area (Å²) in [5.74, 6) is 0.771. The molecule has 0 bridgehead atoms. The van der Waals surface area contributed by atoms with Gasteiger partial charge in [0.2, 0.25) is 0 Å². The number of thiazole rings is 1. The monoisotopic (exact) mass is 425 g/mol. The molecule has 0 aliphatic heterocycles. The minimum atomic E-state index is -0.101. The fourth-order valence-electron chi connectivity index (χ4n) is 3.02. The number of rotatable bonds is 9. The first kappa shape index (κ1) is 22.0. The molecule has 158 valence electrons. The van der Waals surface area contributed by atoms with Crippen molar-refractivity contribution in [2.24, 2.45) is 0 Å². The highest BCUT2D eigenvalue weighted by molar-refractivity contribution is 7.11. The fourth-order valence-corrected chi connectivity index (χ4v) is 3.97. The first-order valence-electron chi connectivity index (χ1n) is 10.0. The van der Waals surface area contributed by atoms with Gasteiger partial charge in [-0.25, -0.2) is 4.98 Å². The number of carbonyl (C=O) groups is 2. The highest BCUT2D eigenvalue weighted by atomic mass is 32.1. The quantitative estimate of drug-likeness (QED) is 0.513. The number of hydrogen-bond donors (Lipinski definition) is 0. The van der Waals surface area contributed by atoms with Gasteiger partial charge in [-0.1, -0.05) is 25.9 Å². The van der Waals surface area contributed by atoms with Gasteiger partial charge in [-0.2, -0.15) is 0 Å². The maximum atomic E-state index is 12.4. The van der Waals surface area contributed by atoms with Crippen molar-refractivity contribution in [1.29, 1.82) is 0 Å². The lowest BCUT2D eigenvalue weighted by atomic mass is 9.92. The Hall–Kier alpha value is -2.67. The average molecular weight is 426 g/mol. The van der Waals surface area contributed by atoms with E-state index in [1.165, 1.54) is 0 Å². The smallest absolute Gasteiger partial charge is 0.147 e.